The Hall–Kier alpha value is -1.44. The van der Waals surface area contributed by atoms with Gasteiger partial charge in [0.25, 0.3) is 0 Å². The van der Waals surface area contributed by atoms with Gasteiger partial charge in [0.15, 0.2) is 0 Å². The van der Waals surface area contributed by atoms with Crippen molar-refractivity contribution >= 4 is 11.9 Å². The van der Waals surface area contributed by atoms with Crippen LogP contribution in [-0.4, -0.2) is 40.3 Å². The van der Waals surface area contributed by atoms with Crippen molar-refractivity contribution in [3.8, 4) is 0 Å². The maximum Gasteiger partial charge on any atom is 0.395 e. The Morgan fingerprint density at radius 3 is 2.13 bits per heavy atom. The second kappa shape index (κ2) is 3.61. The molecule has 7 heteroatoms. The Morgan fingerprint density at radius 2 is 1.80 bits per heavy atom. The highest BCUT2D eigenvalue weighted by molar-refractivity contribution is 5.93. The van der Waals surface area contributed by atoms with Crippen molar-refractivity contribution in [2.24, 2.45) is 5.73 Å². The van der Waals surface area contributed by atoms with Gasteiger partial charge in [-0.25, -0.2) is 9.59 Å². The molecular formula is C8H11NO6. The summed E-state index contributed by atoms with van der Waals surface area (Å²) < 4.78 is 8.85. The van der Waals surface area contributed by atoms with E-state index in [2.05, 4.69) is 9.47 Å². The predicted molar refractivity (Wildman–Crippen MR) is 46.0 cm³/mol. The average Bonchev–Trinajstić information content (AvgIpc) is 2.26. The highest BCUT2D eigenvalue weighted by Crippen LogP contribution is 2.25. The molecule has 1 atom stereocenters. The summed E-state index contributed by atoms with van der Waals surface area (Å²) in [5.41, 5.74) is 3.62. The van der Waals surface area contributed by atoms with Gasteiger partial charge in [-0.3, -0.25) is 0 Å². The minimum atomic E-state index is -2.68. The Labute approximate surface area is 85.1 Å². The van der Waals surface area contributed by atoms with Crippen LogP contribution in [0.1, 0.15) is 6.92 Å². The molecule has 1 aliphatic rings. The molecule has 84 valence electrons. The van der Waals surface area contributed by atoms with Gasteiger partial charge in [0.05, 0.1) is 6.61 Å². The minimum absolute atomic E-state index is 0.746. The number of hydrogen-bond acceptors (Lipinski definition) is 7. The summed E-state index contributed by atoms with van der Waals surface area (Å²) in [6, 6.07) is 0. The van der Waals surface area contributed by atoms with Crippen molar-refractivity contribution in [1.29, 1.82) is 0 Å². The highest BCUT2D eigenvalue weighted by atomic mass is 16.8. The molecule has 0 saturated carbocycles. The van der Waals surface area contributed by atoms with E-state index in [1.807, 2.05) is 0 Å². The molecule has 0 bridgehead atoms. The zero-order valence-electron chi connectivity index (χ0n) is 7.97. The van der Waals surface area contributed by atoms with Crippen LogP contribution in [0.25, 0.3) is 0 Å². The first-order valence-electron chi connectivity index (χ1n) is 4.07. The Morgan fingerprint density at radius 1 is 1.40 bits per heavy atom. The number of rotatable bonds is 2. The molecule has 0 aliphatic carbocycles. The lowest BCUT2D eigenvalue weighted by molar-refractivity contribution is -0.351. The van der Waals surface area contributed by atoms with Crippen molar-refractivity contribution in [2.45, 2.75) is 18.4 Å². The fraction of sp³-hybridized carbons (Fsp3) is 0.500. The SMILES string of the molecule is CC(N)(CO)C1(O)OC(=O)C=CC(=O)O1. The third-order valence-corrected chi connectivity index (χ3v) is 1.88. The minimum Gasteiger partial charge on any atom is -0.394 e. The molecule has 1 unspecified atom stereocenters. The molecule has 0 spiro atoms. The van der Waals surface area contributed by atoms with E-state index in [-0.39, 0.29) is 0 Å². The molecule has 1 heterocycles. The monoisotopic (exact) mass is 217 g/mol. The van der Waals surface area contributed by atoms with Crippen LogP contribution in [0, 0.1) is 0 Å². The number of aliphatic hydroxyl groups is 2. The summed E-state index contributed by atoms with van der Waals surface area (Å²) in [4.78, 5) is 21.9. The van der Waals surface area contributed by atoms with Crippen LogP contribution in [0.3, 0.4) is 0 Å². The average molecular weight is 217 g/mol. The van der Waals surface area contributed by atoms with E-state index in [9.17, 15) is 14.7 Å². The molecule has 15 heavy (non-hydrogen) atoms. The largest absolute Gasteiger partial charge is 0.395 e. The highest BCUT2D eigenvalue weighted by Gasteiger charge is 2.52. The van der Waals surface area contributed by atoms with E-state index < -0.39 is 30.1 Å². The molecule has 0 aromatic rings. The van der Waals surface area contributed by atoms with Crippen LogP contribution in [-0.2, 0) is 19.1 Å². The summed E-state index contributed by atoms with van der Waals surface area (Å²) in [6.45, 7) is 0.420. The van der Waals surface area contributed by atoms with E-state index >= 15 is 0 Å². The van der Waals surface area contributed by atoms with Crippen molar-refractivity contribution in [3.05, 3.63) is 12.2 Å². The van der Waals surface area contributed by atoms with Crippen molar-refractivity contribution in [2.75, 3.05) is 6.61 Å². The molecule has 0 radical (unpaired) electrons. The number of esters is 2. The van der Waals surface area contributed by atoms with Crippen LogP contribution in [0.4, 0.5) is 0 Å². The van der Waals surface area contributed by atoms with Gasteiger partial charge in [0, 0.05) is 12.2 Å². The van der Waals surface area contributed by atoms with Gasteiger partial charge in [-0.15, -0.1) is 0 Å². The third-order valence-electron chi connectivity index (χ3n) is 1.88. The van der Waals surface area contributed by atoms with Crippen LogP contribution in [0.5, 0.6) is 0 Å². The molecule has 4 N–H and O–H groups in total. The van der Waals surface area contributed by atoms with E-state index in [4.69, 9.17) is 10.8 Å². The maximum atomic E-state index is 11.0. The third kappa shape index (κ3) is 2.14. The normalized spacial score (nSPS) is 23.7. The first-order chi connectivity index (χ1) is 6.81. The summed E-state index contributed by atoms with van der Waals surface area (Å²) in [6.07, 6.45) is 1.57. The van der Waals surface area contributed by atoms with Crippen molar-refractivity contribution in [1.82, 2.24) is 0 Å². The van der Waals surface area contributed by atoms with Gasteiger partial charge < -0.3 is 25.4 Å². The van der Waals surface area contributed by atoms with Gasteiger partial charge >= 0.3 is 17.9 Å². The second-order valence-electron chi connectivity index (χ2n) is 3.33. The molecule has 1 aliphatic heterocycles. The topological polar surface area (TPSA) is 119 Å². The van der Waals surface area contributed by atoms with Gasteiger partial charge in [-0.1, -0.05) is 0 Å². The number of carbonyl (C=O) groups excluding carboxylic acids is 2. The molecule has 1 rings (SSSR count). The zero-order chi connectivity index (χ0) is 11.7. The van der Waals surface area contributed by atoms with Crippen LogP contribution in [0.2, 0.25) is 0 Å². The molecule has 7 nitrogen and oxygen atoms in total. The molecule has 0 amide bonds. The van der Waals surface area contributed by atoms with E-state index in [0.717, 1.165) is 12.2 Å². The van der Waals surface area contributed by atoms with Crippen LogP contribution < -0.4 is 5.73 Å². The molecule has 0 fully saturated rings. The fourth-order valence-corrected chi connectivity index (χ4v) is 0.831. The molecule has 0 aromatic heterocycles. The number of ether oxygens (including phenoxy) is 2. The second-order valence-corrected chi connectivity index (χ2v) is 3.33. The first kappa shape index (κ1) is 11.6. The van der Waals surface area contributed by atoms with Gasteiger partial charge in [-0.05, 0) is 6.92 Å². The van der Waals surface area contributed by atoms with E-state index in [1.54, 1.807) is 0 Å². The summed E-state index contributed by atoms with van der Waals surface area (Å²) in [5, 5.41) is 18.6. The van der Waals surface area contributed by atoms with E-state index in [0.29, 0.717) is 0 Å². The molecule has 0 saturated heterocycles. The molecular weight excluding hydrogens is 206 g/mol. The number of aliphatic hydroxyl groups excluding tert-OH is 1. The predicted octanol–water partition coefficient (Wildman–Crippen LogP) is -2.00. The standard InChI is InChI=1S/C8H11NO6/c1-7(9,4-10)8(13)14-5(11)2-3-6(12)15-8/h2-3,10,13H,4,9H2,1H3. The lowest BCUT2D eigenvalue weighted by Gasteiger charge is -2.36. The van der Waals surface area contributed by atoms with Gasteiger partial charge in [0.2, 0.25) is 0 Å². The Kier molecular flexibility index (Phi) is 2.80. The number of nitrogens with two attached hydrogens (primary N) is 1. The Bertz CT molecular complexity index is 301. The summed E-state index contributed by atoms with van der Waals surface area (Å²) >= 11 is 0. The lowest BCUT2D eigenvalue weighted by atomic mass is 10.0. The van der Waals surface area contributed by atoms with Crippen LogP contribution in [0.15, 0.2) is 12.2 Å². The zero-order valence-corrected chi connectivity index (χ0v) is 7.97. The number of carbonyl (C=O) groups is 2. The number of cyclic esters (lactones) is 2. The summed E-state index contributed by atoms with van der Waals surface area (Å²) in [5.74, 6) is -4.67. The molecule has 0 aromatic carbocycles. The lowest BCUT2D eigenvalue weighted by Crippen LogP contribution is -2.64. The maximum absolute atomic E-state index is 11.0. The van der Waals surface area contributed by atoms with E-state index in [1.165, 1.54) is 6.92 Å². The quantitative estimate of drug-likeness (QED) is 0.457. The smallest absolute Gasteiger partial charge is 0.394 e. The summed E-state index contributed by atoms with van der Waals surface area (Å²) in [7, 11) is 0. The fourth-order valence-electron chi connectivity index (χ4n) is 0.831. The van der Waals surface area contributed by atoms with Crippen LogP contribution >= 0.6 is 0 Å². The first-order valence-corrected chi connectivity index (χ1v) is 4.07. The van der Waals surface area contributed by atoms with Gasteiger partial charge in [-0.2, -0.15) is 0 Å². The van der Waals surface area contributed by atoms with Crippen molar-refractivity contribution in [3.63, 3.8) is 0 Å². The Balaban J connectivity index is 3.03. The number of hydrogen-bond donors (Lipinski definition) is 3. The van der Waals surface area contributed by atoms with Gasteiger partial charge in [0.1, 0.15) is 5.54 Å². The van der Waals surface area contributed by atoms with Crippen molar-refractivity contribution < 1.29 is 29.3 Å².